The number of benzene rings is 1. The highest BCUT2D eigenvalue weighted by atomic mass is 16.5. The third kappa shape index (κ3) is 3.21. The molecule has 0 bridgehead atoms. The first-order valence-electron chi connectivity index (χ1n) is 5.88. The number of fused-ring (bicyclic) bond motifs is 1. The second kappa shape index (κ2) is 5.68. The van der Waals surface area contributed by atoms with Crippen molar-refractivity contribution in [2.45, 2.75) is 12.5 Å². The van der Waals surface area contributed by atoms with E-state index in [1.807, 2.05) is 0 Å². The van der Waals surface area contributed by atoms with Crippen LogP contribution in [0.5, 0.6) is 5.75 Å². The van der Waals surface area contributed by atoms with Gasteiger partial charge in [-0.3, -0.25) is 15.0 Å². The van der Waals surface area contributed by atoms with E-state index in [9.17, 15) is 9.59 Å². The van der Waals surface area contributed by atoms with E-state index in [2.05, 4.69) is 16.2 Å². The Balaban J connectivity index is 2.10. The molecular weight excluding hydrogens is 248 g/mol. The topological polar surface area (TPSA) is 105 Å². The van der Waals surface area contributed by atoms with Gasteiger partial charge >= 0.3 is 0 Å². The number of carbonyl (C=O) groups excluding carboxylic acids is 2. The second-order valence-electron chi connectivity index (χ2n) is 4.20. The molecule has 0 saturated carbocycles. The SMILES string of the molecule is CNNC(=O)CC(N)c1ccc2c(c1)NC(=O)CO2. The molecule has 2 amide bonds. The number of hydrazine groups is 1. The summed E-state index contributed by atoms with van der Waals surface area (Å²) < 4.78 is 5.25. The van der Waals surface area contributed by atoms with Crippen molar-refractivity contribution >= 4 is 17.5 Å². The number of nitrogens with one attached hydrogen (secondary N) is 3. The first kappa shape index (κ1) is 13.3. The fourth-order valence-electron chi connectivity index (χ4n) is 1.84. The van der Waals surface area contributed by atoms with Gasteiger partial charge in [0.05, 0.1) is 5.69 Å². The maximum Gasteiger partial charge on any atom is 0.262 e. The molecule has 1 aromatic carbocycles. The maximum absolute atomic E-state index is 11.4. The zero-order valence-corrected chi connectivity index (χ0v) is 10.5. The highest BCUT2D eigenvalue weighted by Gasteiger charge is 2.18. The fourth-order valence-corrected chi connectivity index (χ4v) is 1.84. The molecular formula is C12H16N4O3. The third-order valence-corrected chi connectivity index (χ3v) is 2.73. The Hall–Kier alpha value is -2.12. The van der Waals surface area contributed by atoms with Crippen LogP contribution in [0.1, 0.15) is 18.0 Å². The molecule has 1 aromatic rings. The average molecular weight is 264 g/mol. The third-order valence-electron chi connectivity index (χ3n) is 2.73. The van der Waals surface area contributed by atoms with E-state index < -0.39 is 6.04 Å². The summed E-state index contributed by atoms with van der Waals surface area (Å²) in [6.45, 7) is 0.0168. The van der Waals surface area contributed by atoms with Crippen LogP contribution in [0.3, 0.4) is 0 Å². The van der Waals surface area contributed by atoms with Crippen molar-refractivity contribution in [1.82, 2.24) is 10.9 Å². The van der Waals surface area contributed by atoms with Gasteiger partial charge in [-0.2, -0.15) is 0 Å². The summed E-state index contributed by atoms with van der Waals surface area (Å²) in [5.41, 5.74) is 12.3. The van der Waals surface area contributed by atoms with Crippen molar-refractivity contribution in [1.29, 1.82) is 0 Å². The Morgan fingerprint density at radius 1 is 1.58 bits per heavy atom. The van der Waals surface area contributed by atoms with Crippen LogP contribution in [-0.2, 0) is 9.59 Å². The molecule has 1 unspecified atom stereocenters. The maximum atomic E-state index is 11.4. The molecule has 7 heteroatoms. The molecule has 0 aromatic heterocycles. The van der Waals surface area contributed by atoms with Crippen molar-refractivity contribution in [2.75, 3.05) is 19.0 Å². The van der Waals surface area contributed by atoms with Crippen molar-refractivity contribution in [2.24, 2.45) is 5.73 Å². The molecule has 0 radical (unpaired) electrons. The van der Waals surface area contributed by atoms with Gasteiger partial charge in [-0.25, -0.2) is 5.43 Å². The Kier molecular flexibility index (Phi) is 3.98. The van der Waals surface area contributed by atoms with E-state index in [0.29, 0.717) is 11.4 Å². The van der Waals surface area contributed by atoms with Crippen molar-refractivity contribution in [3.8, 4) is 5.75 Å². The van der Waals surface area contributed by atoms with Crippen LogP contribution in [0.15, 0.2) is 18.2 Å². The van der Waals surface area contributed by atoms with Gasteiger partial charge in [0, 0.05) is 19.5 Å². The molecule has 0 aliphatic carbocycles. The Morgan fingerprint density at radius 2 is 2.37 bits per heavy atom. The van der Waals surface area contributed by atoms with Gasteiger partial charge in [0.1, 0.15) is 5.75 Å². The summed E-state index contributed by atoms with van der Waals surface area (Å²) in [6, 6.07) is 4.80. The molecule has 5 N–H and O–H groups in total. The van der Waals surface area contributed by atoms with E-state index in [1.54, 1.807) is 25.2 Å². The van der Waals surface area contributed by atoms with Crippen LogP contribution >= 0.6 is 0 Å². The van der Waals surface area contributed by atoms with Gasteiger partial charge in [-0.15, -0.1) is 0 Å². The molecule has 2 rings (SSSR count). The minimum Gasteiger partial charge on any atom is -0.482 e. The smallest absolute Gasteiger partial charge is 0.262 e. The lowest BCUT2D eigenvalue weighted by atomic mass is 10.0. The molecule has 0 fully saturated rings. The van der Waals surface area contributed by atoms with E-state index in [4.69, 9.17) is 10.5 Å². The number of nitrogens with two attached hydrogens (primary N) is 1. The van der Waals surface area contributed by atoms with Gasteiger partial charge in [-0.05, 0) is 17.7 Å². The number of carbonyl (C=O) groups is 2. The summed E-state index contributed by atoms with van der Waals surface area (Å²) >= 11 is 0. The number of amides is 2. The number of hydrogen-bond acceptors (Lipinski definition) is 5. The summed E-state index contributed by atoms with van der Waals surface area (Å²) in [5.74, 6) is 0.203. The van der Waals surface area contributed by atoms with Gasteiger partial charge in [0.25, 0.3) is 5.91 Å². The lowest BCUT2D eigenvalue weighted by Gasteiger charge is -2.20. The lowest BCUT2D eigenvalue weighted by molar-refractivity contribution is -0.122. The average Bonchev–Trinajstić information content (AvgIpc) is 2.38. The number of anilines is 1. The van der Waals surface area contributed by atoms with Crippen molar-refractivity contribution in [3.05, 3.63) is 23.8 Å². The molecule has 102 valence electrons. The monoisotopic (exact) mass is 264 g/mol. The van der Waals surface area contributed by atoms with Gasteiger partial charge in [-0.1, -0.05) is 6.07 Å². The minimum atomic E-state index is -0.447. The number of rotatable bonds is 4. The number of ether oxygens (including phenoxy) is 1. The second-order valence-corrected chi connectivity index (χ2v) is 4.20. The van der Waals surface area contributed by atoms with E-state index in [1.165, 1.54) is 0 Å². The molecule has 7 nitrogen and oxygen atoms in total. The normalized spacial score (nSPS) is 14.9. The Bertz CT molecular complexity index is 504. The standard InChI is InChI=1S/C12H16N4O3/c1-14-16-11(17)5-8(13)7-2-3-10-9(4-7)15-12(18)6-19-10/h2-4,8,14H,5-6,13H2,1H3,(H,15,18)(H,16,17). The van der Waals surface area contributed by atoms with Crippen LogP contribution in [0.2, 0.25) is 0 Å². The summed E-state index contributed by atoms with van der Waals surface area (Å²) in [7, 11) is 1.61. The van der Waals surface area contributed by atoms with Gasteiger partial charge in [0.15, 0.2) is 6.61 Å². The van der Waals surface area contributed by atoms with Crippen LogP contribution in [0.4, 0.5) is 5.69 Å². The van der Waals surface area contributed by atoms with Crippen LogP contribution in [-0.4, -0.2) is 25.5 Å². The first-order chi connectivity index (χ1) is 9.10. The van der Waals surface area contributed by atoms with E-state index in [0.717, 1.165) is 5.56 Å². The summed E-state index contributed by atoms with van der Waals surface area (Å²) in [4.78, 5) is 22.6. The van der Waals surface area contributed by atoms with Crippen LogP contribution in [0, 0.1) is 0 Å². The molecule has 1 heterocycles. The zero-order chi connectivity index (χ0) is 13.8. The highest BCUT2D eigenvalue weighted by molar-refractivity contribution is 5.95. The number of hydrogen-bond donors (Lipinski definition) is 4. The molecule has 0 spiro atoms. The summed E-state index contributed by atoms with van der Waals surface area (Å²) in [5, 5.41) is 2.70. The first-order valence-corrected chi connectivity index (χ1v) is 5.88. The molecule has 0 saturated heterocycles. The minimum absolute atomic E-state index is 0.0168. The van der Waals surface area contributed by atoms with E-state index in [-0.39, 0.29) is 24.8 Å². The predicted molar refractivity (Wildman–Crippen MR) is 69.3 cm³/mol. The Labute approximate surface area is 110 Å². The lowest BCUT2D eigenvalue weighted by Crippen LogP contribution is -2.36. The zero-order valence-electron chi connectivity index (χ0n) is 10.5. The largest absolute Gasteiger partial charge is 0.482 e. The van der Waals surface area contributed by atoms with Gasteiger partial charge in [0.2, 0.25) is 5.91 Å². The molecule has 19 heavy (non-hydrogen) atoms. The van der Waals surface area contributed by atoms with Crippen molar-refractivity contribution < 1.29 is 14.3 Å². The quantitative estimate of drug-likeness (QED) is 0.557. The molecule has 1 aliphatic heterocycles. The molecule has 1 atom stereocenters. The van der Waals surface area contributed by atoms with E-state index >= 15 is 0 Å². The molecule has 1 aliphatic rings. The van der Waals surface area contributed by atoms with Crippen molar-refractivity contribution in [3.63, 3.8) is 0 Å². The van der Waals surface area contributed by atoms with Crippen LogP contribution in [0.25, 0.3) is 0 Å². The van der Waals surface area contributed by atoms with Gasteiger partial charge < -0.3 is 15.8 Å². The Morgan fingerprint density at radius 3 is 3.11 bits per heavy atom. The summed E-state index contributed by atoms with van der Waals surface area (Å²) in [6.07, 6.45) is 0.147. The van der Waals surface area contributed by atoms with Crippen LogP contribution < -0.4 is 26.6 Å². The fraction of sp³-hybridized carbons (Fsp3) is 0.333. The predicted octanol–water partition coefficient (Wildman–Crippen LogP) is -0.342. The highest BCUT2D eigenvalue weighted by Crippen LogP contribution is 2.30.